The van der Waals surface area contributed by atoms with E-state index in [9.17, 15) is 4.79 Å². The van der Waals surface area contributed by atoms with Crippen molar-refractivity contribution in [3.05, 3.63) is 0 Å². The van der Waals surface area contributed by atoms with Crippen LogP contribution in [-0.4, -0.2) is 18.0 Å². The van der Waals surface area contributed by atoms with Gasteiger partial charge in [0.1, 0.15) is 0 Å². The Bertz CT molecular complexity index is 239. The van der Waals surface area contributed by atoms with Crippen molar-refractivity contribution < 1.29 is 4.79 Å². The van der Waals surface area contributed by atoms with Crippen LogP contribution in [0.3, 0.4) is 0 Å². The Kier molecular flexibility index (Phi) is 4.36. The topological polar surface area (TPSA) is 55.1 Å². The molecule has 1 aliphatic rings. The Balaban J connectivity index is 2.44. The summed E-state index contributed by atoms with van der Waals surface area (Å²) >= 11 is 0. The van der Waals surface area contributed by atoms with Gasteiger partial charge in [0, 0.05) is 6.04 Å². The summed E-state index contributed by atoms with van der Waals surface area (Å²) in [7, 11) is 0. The molecule has 3 heteroatoms. The van der Waals surface area contributed by atoms with Crippen molar-refractivity contribution in [2.24, 2.45) is 17.1 Å². The summed E-state index contributed by atoms with van der Waals surface area (Å²) in [6.07, 6.45) is 5.09. The molecule has 0 radical (unpaired) electrons. The van der Waals surface area contributed by atoms with Gasteiger partial charge in [0.05, 0.1) is 6.04 Å². The molecule has 0 heterocycles. The second-order valence-corrected chi connectivity index (χ2v) is 6.19. The molecule has 0 aromatic heterocycles. The lowest BCUT2D eigenvalue weighted by Crippen LogP contribution is -2.52. The molecular formula is C13H26N2O. The lowest BCUT2D eigenvalue weighted by atomic mass is 9.86. The Labute approximate surface area is 99.2 Å². The minimum atomic E-state index is -0.420. The molecular weight excluding hydrogens is 200 g/mol. The van der Waals surface area contributed by atoms with Crippen LogP contribution in [0.2, 0.25) is 0 Å². The number of hydrogen-bond donors (Lipinski definition) is 2. The maximum atomic E-state index is 11.9. The van der Waals surface area contributed by atoms with Gasteiger partial charge >= 0.3 is 0 Å². The molecule has 1 unspecified atom stereocenters. The minimum absolute atomic E-state index is 0.00750. The van der Waals surface area contributed by atoms with Gasteiger partial charge in [-0.25, -0.2) is 0 Å². The van der Waals surface area contributed by atoms with Crippen LogP contribution in [0.25, 0.3) is 0 Å². The van der Waals surface area contributed by atoms with E-state index in [-0.39, 0.29) is 17.4 Å². The average molecular weight is 226 g/mol. The Morgan fingerprint density at radius 2 is 1.81 bits per heavy atom. The number of carbonyl (C=O) groups excluding carboxylic acids is 1. The van der Waals surface area contributed by atoms with Gasteiger partial charge in [0.2, 0.25) is 5.91 Å². The molecule has 1 fully saturated rings. The predicted molar refractivity (Wildman–Crippen MR) is 67.0 cm³/mol. The van der Waals surface area contributed by atoms with Crippen molar-refractivity contribution >= 4 is 5.91 Å². The van der Waals surface area contributed by atoms with E-state index in [4.69, 9.17) is 5.73 Å². The van der Waals surface area contributed by atoms with E-state index in [1.165, 1.54) is 25.7 Å². The first-order valence-electron chi connectivity index (χ1n) is 6.38. The van der Waals surface area contributed by atoms with Crippen molar-refractivity contribution in [3.8, 4) is 0 Å². The van der Waals surface area contributed by atoms with Gasteiger partial charge < -0.3 is 11.1 Å². The highest BCUT2D eigenvalue weighted by atomic mass is 16.2. The zero-order valence-corrected chi connectivity index (χ0v) is 11.0. The van der Waals surface area contributed by atoms with Gasteiger partial charge in [-0.3, -0.25) is 4.79 Å². The van der Waals surface area contributed by atoms with Crippen LogP contribution in [0.15, 0.2) is 0 Å². The van der Waals surface area contributed by atoms with E-state index >= 15 is 0 Å². The van der Waals surface area contributed by atoms with Gasteiger partial charge in [-0.15, -0.1) is 0 Å². The molecule has 16 heavy (non-hydrogen) atoms. The molecule has 0 aromatic carbocycles. The van der Waals surface area contributed by atoms with E-state index in [2.05, 4.69) is 12.2 Å². The minimum Gasteiger partial charge on any atom is -0.352 e. The Hall–Kier alpha value is -0.570. The number of nitrogens with two attached hydrogens (primary N) is 1. The lowest BCUT2D eigenvalue weighted by molar-refractivity contribution is -0.125. The molecule has 1 rings (SSSR count). The lowest BCUT2D eigenvalue weighted by Gasteiger charge is -2.29. The third-order valence-electron chi connectivity index (χ3n) is 3.69. The smallest absolute Gasteiger partial charge is 0.237 e. The first-order valence-corrected chi connectivity index (χ1v) is 6.38. The molecule has 0 aliphatic heterocycles. The van der Waals surface area contributed by atoms with E-state index in [1.807, 2.05) is 20.8 Å². The van der Waals surface area contributed by atoms with Crippen LogP contribution < -0.4 is 11.1 Å². The third kappa shape index (κ3) is 3.48. The highest BCUT2D eigenvalue weighted by Gasteiger charge is 2.30. The maximum Gasteiger partial charge on any atom is 0.237 e. The van der Waals surface area contributed by atoms with Gasteiger partial charge in [0.15, 0.2) is 0 Å². The molecule has 0 spiro atoms. The van der Waals surface area contributed by atoms with Gasteiger partial charge in [-0.1, -0.05) is 33.6 Å². The van der Waals surface area contributed by atoms with Crippen LogP contribution in [0, 0.1) is 11.3 Å². The van der Waals surface area contributed by atoms with Crippen LogP contribution in [0.4, 0.5) is 0 Å². The van der Waals surface area contributed by atoms with Gasteiger partial charge in [-0.2, -0.15) is 0 Å². The van der Waals surface area contributed by atoms with Gasteiger partial charge in [-0.05, 0) is 31.1 Å². The molecule has 0 aromatic rings. The van der Waals surface area contributed by atoms with Crippen LogP contribution >= 0.6 is 0 Å². The van der Waals surface area contributed by atoms with Gasteiger partial charge in [0.25, 0.3) is 0 Å². The summed E-state index contributed by atoms with van der Waals surface area (Å²) in [6, 6.07) is -0.153. The number of amides is 1. The monoisotopic (exact) mass is 226 g/mol. The zero-order chi connectivity index (χ0) is 12.3. The summed E-state index contributed by atoms with van der Waals surface area (Å²) < 4.78 is 0. The normalized spacial score (nSPS) is 21.8. The van der Waals surface area contributed by atoms with E-state index in [0.717, 1.165) is 0 Å². The van der Waals surface area contributed by atoms with E-state index in [0.29, 0.717) is 5.92 Å². The Morgan fingerprint density at radius 3 is 2.25 bits per heavy atom. The number of carbonyl (C=O) groups is 1. The van der Waals surface area contributed by atoms with E-state index < -0.39 is 6.04 Å². The molecule has 0 saturated heterocycles. The summed E-state index contributed by atoms with van der Waals surface area (Å²) in [6.45, 7) is 8.09. The van der Waals surface area contributed by atoms with Crippen molar-refractivity contribution in [1.29, 1.82) is 0 Å². The fraction of sp³-hybridized carbons (Fsp3) is 0.923. The quantitative estimate of drug-likeness (QED) is 0.774. The number of hydrogen-bond acceptors (Lipinski definition) is 2. The molecule has 1 aliphatic carbocycles. The zero-order valence-electron chi connectivity index (χ0n) is 11.0. The summed E-state index contributed by atoms with van der Waals surface area (Å²) in [5.74, 6) is 0.642. The first kappa shape index (κ1) is 13.5. The fourth-order valence-electron chi connectivity index (χ4n) is 2.28. The van der Waals surface area contributed by atoms with Crippen LogP contribution in [0.5, 0.6) is 0 Å². The summed E-state index contributed by atoms with van der Waals surface area (Å²) in [5, 5.41) is 3.06. The third-order valence-corrected chi connectivity index (χ3v) is 3.69. The Morgan fingerprint density at radius 1 is 1.31 bits per heavy atom. The molecule has 3 N–H and O–H groups in total. The van der Waals surface area contributed by atoms with Crippen molar-refractivity contribution in [1.82, 2.24) is 5.32 Å². The molecule has 94 valence electrons. The maximum absolute atomic E-state index is 11.9. The highest BCUT2D eigenvalue weighted by molar-refractivity contribution is 5.82. The molecule has 1 saturated carbocycles. The SMILES string of the molecule is CC(NC(=O)[C@H](N)C(C)(C)C)C1CCCC1. The second kappa shape index (κ2) is 5.17. The molecule has 0 bridgehead atoms. The second-order valence-electron chi connectivity index (χ2n) is 6.19. The molecule has 2 atom stereocenters. The van der Waals surface area contributed by atoms with Crippen molar-refractivity contribution in [2.75, 3.05) is 0 Å². The van der Waals surface area contributed by atoms with E-state index in [1.54, 1.807) is 0 Å². The van der Waals surface area contributed by atoms with Crippen LogP contribution in [-0.2, 0) is 4.79 Å². The standard InChI is InChI=1S/C13H26N2O/c1-9(10-7-5-6-8-10)15-12(16)11(14)13(2,3)4/h9-11H,5-8,14H2,1-4H3,(H,15,16)/t9?,11-/m0/s1. The largest absolute Gasteiger partial charge is 0.352 e. The fourth-order valence-corrected chi connectivity index (χ4v) is 2.28. The number of rotatable bonds is 3. The molecule has 1 amide bonds. The highest BCUT2D eigenvalue weighted by Crippen LogP contribution is 2.27. The van der Waals surface area contributed by atoms with Crippen LogP contribution in [0.1, 0.15) is 53.4 Å². The predicted octanol–water partition coefficient (Wildman–Crippen LogP) is 2.05. The average Bonchev–Trinajstić information content (AvgIpc) is 2.67. The van der Waals surface area contributed by atoms with Crippen molar-refractivity contribution in [3.63, 3.8) is 0 Å². The summed E-state index contributed by atoms with van der Waals surface area (Å²) in [4.78, 5) is 11.9. The first-order chi connectivity index (χ1) is 7.32. The summed E-state index contributed by atoms with van der Waals surface area (Å²) in [5.41, 5.74) is 5.76. The van der Waals surface area contributed by atoms with Crippen molar-refractivity contribution in [2.45, 2.75) is 65.5 Å². The number of nitrogens with one attached hydrogen (secondary N) is 1. The molecule has 3 nitrogen and oxygen atoms in total.